The van der Waals surface area contributed by atoms with Crippen LogP contribution in [0.1, 0.15) is 31.4 Å². The molecule has 1 fully saturated rings. The van der Waals surface area contributed by atoms with Crippen molar-refractivity contribution in [1.29, 1.82) is 0 Å². The summed E-state index contributed by atoms with van der Waals surface area (Å²) in [5, 5.41) is 0. The van der Waals surface area contributed by atoms with Crippen LogP contribution in [0, 0.1) is 5.92 Å². The Labute approximate surface area is 67.5 Å². The summed E-state index contributed by atoms with van der Waals surface area (Å²) in [5.41, 5.74) is 1.28. The lowest BCUT2D eigenvalue weighted by Gasteiger charge is -2.31. The van der Waals surface area contributed by atoms with E-state index in [0.29, 0.717) is 0 Å². The molecule has 0 aliphatic heterocycles. The zero-order valence-corrected chi connectivity index (χ0v) is 6.83. The van der Waals surface area contributed by atoms with Crippen LogP contribution in [0.25, 0.3) is 0 Å². The lowest BCUT2D eigenvalue weighted by Crippen LogP contribution is -2.19. The van der Waals surface area contributed by atoms with E-state index in [2.05, 4.69) is 24.0 Å². The number of pyridine rings is 1. The van der Waals surface area contributed by atoms with Crippen molar-refractivity contribution in [3.8, 4) is 0 Å². The standard InChI is InChI=1S/C10H13N/c1-8-6-9(7-8)10-4-2-3-5-11-10/h2-5,8-9H,6-7H2,1H3. The Morgan fingerprint density at radius 2 is 2.18 bits per heavy atom. The van der Waals surface area contributed by atoms with Gasteiger partial charge in [0.15, 0.2) is 0 Å². The minimum Gasteiger partial charge on any atom is -0.261 e. The highest BCUT2D eigenvalue weighted by atomic mass is 14.7. The molecule has 58 valence electrons. The average molecular weight is 147 g/mol. The van der Waals surface area contributed by atoms with Crippen LogP contribution in [0.2, 0.25) is 0 Å². The second-order valence-electron chi connectivity index (χ2n) is 3.53. The molecule has 0 aromatic carbocycles. The molecule has 1 aromatic heterocycles. The molecule has 1 aliphatic carbocycles. The predicted octanol–water partition coefficient (Wildman–Crippen LogP) is 2.60. The van der Waals surface area contributed by atoms with Gasteiger partial charge >= 0.3 is 0 Å². The minimum absolute atomic E-state index is 0.756. The Morgan fingerprint density at radius 1 is 1.36 bits per heavy atom. The van der Waals surface area contributed by atoms with Gasteiger partial charge in [-0.2, -0.15) is 0 Å². The highest BCUT2D eigenvalue weighted by Gasteiger charge is 2.27. The van der Waals surface area contributed by atoms with Gasteiger partial charge < -0.3 is 0 Å². The third-order valence-electron chi connectivity index (χ3n) is 2.48. The van der Waals surface area contributed by atoms with Gasteiger partial charge in [-0.15, -0.1) is 0 Å². The second-order valence-corrected chi connectivity index (χ2v) is 3.53. The van der Waals surface area contributed by atoms with E-state index >= 15 is 0 Å². The number of nitrogens with zero attached hydrogens (tertiary/aromatic N) is 1. The highest BCUT2D eigenvalue weighted by Crippen LogP contribution is 2.39. The van der Waals surface area contributed by atoms with E-state index in [1.54, 1.807) is 0 Å². The van der Waals surface area contributed by atoms with Crippen LogP contribution in [-0.4, -0.2) is 4.98 Å². The normalized spacial score (nSPS) is 29.5. The Kier molecular flexibility index (Phi) is 1.65. The van der Waals surface area contributed by atoms with Crippen molar-refractivity contribution < 1.29 is 0 Å². The molecule has 1 heterocycles. The molecule has 0 saturated heterocycles. The Balaban J connectivity index is 2.08. The molecule has 0 radical (unpaired) electrons. The summed E-state index contributed by atoms with van der Waals surface area (Å²) in [6, 6.07) is 6.19. The molecule has 11 heavy (non-hydrogen) atoms. The maximum absolute atomic E-state index is 4.34. The van der Waals surface area contributed by atoms with Crippen molar-refractivity contribution in [1.82, 2.24) is 4.98 Å². The van der Waals surface area contributed by atoms with Crippen LogP contribution in [0.15, 0.2) is 24.4 Å². The minimum atomic E-state index is 0.756. The summed E-state index contributed by atoms with van der Waals surface area (Å²) in [7, 11) is 0. The number of rotatable bonds is 1. The Hall–Kier alpha value is -0.850. The lowest BCUT2D eigenvalue weighted by atomic mass is 9.74. The zero-order chi connectivity index (χ0) is 7.68. The fourth-order valence-corrected chi connectivity index (χ4v) is 1.76. The molecule has 1 aliphatic rings. The van der Waals surface area contributed by atoms with Gasteiger partial charge in [0.25, 0.3) is 0 Å². The molecule has 2 rings (SSSR count). The fraction of sp³-hybridized carbons (Fsp3) is 0.500. The summed E-state index contributed by atoms with van der Waals surface area (Å²) in [4.78, 5) is 4.34. The first-order valence-corrected chi connectivity index (χ1v) is 4.27. The molecule has 1 heteroatoms. The molecule has 1 aromatic rings. The van der Waals surface area contributed by atoms with Gasteiger partial charge in [-0.3, -0.25) is 4.98 Å². The van der Waals surface area contributed by atoms with Crippen LogP contribution in [0.3, 0.4) is 0 Å². The summed E-state index contributed by atoms with van der Waals surface area (Å²) in [5.74, 6) is 1.67. The third-order valence-corrected chi connectivity index (χ3v) is 2.48. The lowest BCUT2D eigenvalue weighted by molar-refractivity contribution is 0.283. The molecular formula is C10H13N. The molecule has 0 spiro atoms. The first kappa shape index (κ1) is 6.84. The third kappa shape index (κ3) is 1.28. The van der Waals surface area contributed by atoms with Crippen molar-refractivity contribution in [2.75, 3.05) is 0 Å². The summed E-state index contributed by atoms with van der Waals surface area (Å²) in [6.07, 6.45) is 4.55. The van der Waals surface area contributed by atoms with Crippen LogP contribution in [0.4, 0.5) is 0 Å². The van der Waals surface area contributed by atoms with Gasteiger partial charge in [0.2, 0.25) is 0 Å². The average Bonchev–Trinajstić information content (AvgIpc) is 2.01. The van der Waals surface area contributed by atoms with Gasteiger partial charge in [0, 0.05) is 17.8 Å². The quantitative estimate of drug-likeness (QED) is 0.595. The smallest absolute Gasteiger partial charge is 0.0434 e. The maximum atomic E-state index is 4.34. The predicted molar refractivity (Wildman–Crippen MR) is 45.4 cm³/mol. The molecule has 1 saturated carbocycles. The molecule has 0 unspecified atom stereocenters. The highest BCUT2D eigenvalue weighted by molar-refractivity contribution is 5.12. The van der Waals surface area contributed by atoms with Crippen LogP contribution in [0.5, 0.6) is 0 Å². The van der Waals surface area contributed by atoms with Crippen molar-refractivity contribution in [2.24, 2.45) is 5.92 Å². The zero-order valence-electron chi connectivity index (χ0n) is 6.83. The van der Waals surface area contributed by atoms with E-state index in [9.17, 15) is 0 Å². The molecule has 0 N–H and O–H groups in total. The van der Waals surface area contributed by atoms with Gasteiger partial charge in [-0.05, 0) is 30.9 Å². The number of aromatic nitrogens is 1. The van der Waals surface area contributed by atoms with Crippen molar-refractivity contribution in [3.05, 3.63) is 30.1 Å². The van der Waals surface area contributed by atoms with E-state index < -0.39 is 0 Å². The molecule has 0 atom stereocenters. The molecule has 1 nitrogen and oxygen atoms in total. The second kappa shape index (κ2) is 2.65. The monoisotopic (exact) mass is 147 g/mol. The van der Waals surface area contributed by atoms with Crippen LogP contribution in [-0.2, 0) is 0 Å². The number of hydrogen-bond acceptors (Lipinski definition) is 1. The topological polar surface area (TPSA) is 12.9 Å². The van der Waals surface area contributed by atoms with E-state index in [1.165, 1.54) is 18.5 Å². The van der Waals surface area contributed by atoms with E-state index in [1.807, 2.05) is 12.3 Å². The SMILES string of the molecule is CC1CC(c2ccccn2)C1. The number of hydrogen-bond donors (Lipinski definition) is 0. The van der Waals surface area contributed by atoms with E-state index in [4.69, 9.17) is 0 Å². The molecule has 0 bridgehead atoms. The van der Waals surface area contributed by atoms with E-state index in [-0.39, 0.29) is 0 Å². The molecule has 0 amide bonds. The summed E-state index contributed by atoms with van der Waals surface area (Å²) in [6.45, 7) is 2.30. The summed E-state index contributed by atoms with van der Waals surface area (Å²) >= 11 is 0. The Bertz CT molecular complexity index is 224. The van der Waals surface area contributed by atoms with Gasteiger partial charge in [-0.1, -0.05) is 13.0 Å². The first-order valence-electron chi connectivity index (χ1n) is 4.27. The Morgan fingerprint density at radius 3 is 2.73 bits per heavy atom. The maximum Gasteiger partial charge on any atom is 0.0434 e. The summed E-state index contributed by atoms with van der Waals surface area (Å²) < 4.78 is 0. The van der Waals surface area contributed by atoms with Crippen LogP contribution >= 0.6 is 0 Å². The van der Waals surface area contributed by atoms with Crippen molar-refractivity contribution in [2.45, 2.75) is 25.7 Å². The molecular weight excluding hydrogens is 134 g/mol. The van der Waals surface area contributed by atoms with Crippen LogP contribution < -0.4 is 0 Å². The van der Waals surface area contributed by atoms with Crippen molar-refractivity contribution in [3.63, 3.8) is 0 Å². The fourth-order valence-electron chi connectivity index (χ4n) is 1.76. The van der Waals surface area contributed by atoms with Crippen molar-refractivity contribution >= 4 is 0 Å². The van der Waals surface area contributed by atoms with Gasteiger partial charge in [0.1, 0.15) is 0 Å². The first-order chi connectivity index (χ1) is 5.36. The van der Waals surface area contributed by atoms with Gasteiger partial charge in [0.05, 0.1) is 0 Å². The van der Waals surface area contributed by atoms with Gasteiger partial charge in [-0.25, -0.2) is 0 Å². The van der Waals surface area contributed by atoms with E-state index in [0.717, 1.165) is 11.8 Å². The largest absolute Gasteiger partial charge is 0.261 e.